The third-order valence-electron chi connectivity index (χ3n) is 2.88. The first-order valence-corrected chi connectivity index (χ1v) is 6.18. The van der Waals surface area contributed by atoms with Crippen molar-refractivity contribution in [1.29, 1.82) is 0 Å². The van der Waals surface area contributed by atoms with Crippen LogP contribution in [0.25, 0.3) is 0 Å². The van der Waals surface area contributed by atoms with Gasteiger partial charge in [0.1, 0.15) is 12.4 Å². The lowest BCUT2D eigenvalue weighted by molar-refractivity contribution is 0.0990. The van der Waals surface area contributed by atoms with Gasteiger partial charge in [-0.1, -0.05) is 12.1 Å². The molecule has 0 unspecified atom stereocenters. The summed E-state index contributed by atoms with van der Waals surface area (Å²) in [5.41, 5.74) is 18.0. The summed E-state index contributed by atoms with van der Waals surface area (Å²) in [5.74, 6) is -0.818. The number of rotatable bonds is 5. The summed E-state index contributed by atoms with van der Waals surface area (Å²) >= 11 is 0. The highest BCUT2D eigenvalue weighted by Gasteiger charge is 2.10. The zero-order chi connectivity index (χ0) is 15.4. The van der Waals surface area contributed by atoms with Gasteiger partial charge in [0.2, 0.25) is 5.91 Å². The Labute approximate surface area is 121 Å². The number of ether oxygens (including phenoxy) is 1. The molecule has 0 fully saturated rings. The molecular formula is C15H15N3O3. The number of primary amides is 2. The van der Waals surface area contributed by atoms with Crippen molar-refractivity contribution < 1.29 is 14.3 Å². The zero-order valence-electron chi connectivity index (χ0n) is 11.2. The van der Waals surface area contributed by atoms with E-state index in [4.69, 9.17) is 21.9 Å². The SMILES string of the molecule is NC(=O)c1cccc(COc2cc(N)ccc2C(N)=O)c1. The molecule has 0 radical (unpaired) electrons. The average molecular weight is 285 g/mol. The van der Waals surface area contributed by atoms with Crippen molar-refractivity contribution in [3.05, 3.63) is 59.2 Å². The molecule has 108 valence electrons. The number of carbonyl (C=O) groups is 2. The fraction of sp³-hybridized carbons (Fsp3) is 0.0667. The van der Waals surface area contributed by atoms with Crippen LogP contribution in [-0.2, 0) is 6.61 Å². The summed E-state index contributed by atoms with van der Waals surface area (Å²) in [7, 11) is 0. The van der Waals surface area contributed by atoms with E-state index in [0.717, 1.165) is 5.56 Å². The van der Waals surface area contributed by atoms with Crippen LogP contribution in [-0.4, -0.2) is 11.8 Å². The molecule has 2 rings (SSSR count). The van der Waals surface area contributed by atoms with Gasteiger partial charge >= 0.3 is 0 Å². The Balaban J connectivity index is 2.20. The monoisotopic (exact) mass is 285 g/mol. The highest BCUT2D eigenvalue weighted by Crippen LogP contribution is 2.22. The molecule has 6 nitrogen and oxygen atoms in total. The third kappa shape index (κ3) is 3.50. The van der Waals surface area contributed by atoms with Crippen LogP contribution in [0.3, 0.4) is 0 Å². The maximum atomic E-state index is 11.3. The van der Waals surface area contributed by atoms with Crippen molar-refractivity contribution in [2.45, 2.75) is 6.61 Å². The smallest absolute Gasteiger partial charge is 0.252 e. The lowest BCUT2D eigenvalue weighted by Crippen LogP contribution is -2.14. The van der Waals surface area contributed by atoms with Crippen LogP contribution >= 0.6 is 0 Å². The van der Waals surface area contributed by atoms with Crippen LogP contribution in [0.15, 0.2) is 42.5 Å². The largest absolute Gasteiger partial charge is 0.488 e. The van der Waals surface area contributed by atoms with E-state index < -0.39 is 11.8 Å². The molecule has 2 aromatic rings. The minimum absolute atomic E-state index is 0.158. The molecule has 21 heavy (non-hydrogen) atoms. The van der Waals surface area contributed by atoms with Crippen molar-refractivity contribution >= 4 is 17.5 Å². The number of carbonyl (C=O) groups excluding carboxylic acids is 2. The van der Waals surface area contributed by atoms with Crippen LogP contribution in [0.1, 0.15) is 26.3 Å². The quantitative estimate of drug-likeness (QED) is 0.710. The molecule has 2 amide bonds. The summed E-state index contributed by atoms with van der Waals surface area (Å²) in [6.07, 6.45) is 0. The second-order valence-electron chi connectivity index (χ2n) is 4.47. The van der Waals surface area contributed by atoms with E-state index in [1.165, 1.54) is 12.1 Å². The van der Waals surface area contributed by atoms with E-state index >= 15 is 0 Å². The maximum Gasteiger partial charge on any atom is 0.252 e. The molecular weight excluding hydrogens is 270 g/mol. The highest BCUT2D eigenvalue weighted by molar-refractivity contribution is 5.96. The van der Waals surface area contributed by atoms with Crippen molar-refractivity contribution in [2.24, 2.45) is 11.5 Å². The van der Waals surface area contributed by atoms with E-state index in [1.807, 2.05) is 0 Å². The Bertz CT molecular complexity index is 698. The van der Waals surface area contributed by atoms with Crippen LogP contribution in [0, 0.1) is 0 Å². The van der Waals surface area contributed by atoms with Gasteiger partial charge in [0.05, 0.1) is 5.56 Å². The average Bonchev–Trinajstić information content (AvgIpc) is 2.45. The van der Waals surface area contributed by atoms with Gasteiger partial charge in [0.25, 0.3) is 5.91 Å². The number of anilines is 1. The molecule has 0 saturated carbocycles. The van der Waals surface area contributed by atoms with Gasteiger partial charge < -0.3 is 21.9 Å². The highest BCUT2D eigenvalue weighted by atomic mass is 16.5. The predicted octanol–water partition coefficient (Wildman–Crippen LogP) is 1.05. The second kappa shape index (κ2) is 5.96. The number of nitrogen functional groups attached to an aromatic ring is 1. The minimum Gasteiger partial charge on any atom is -0.488 e. The van der Waals surface area contributed by atoms with Crippen molar-refractivity contribution in [1.82, 2.24) is 0 Å². The lowest BCUT2D eigenvalue weighted by Gasteiger charge is -2.11. The first-order valence-electron chi connectivity index (χ1n) is 6.18. The Hall–Kier alpha value is -3.02. The van der Waals surface area contributed by atoms with Gasteiger partial charge in [-0.2, -0.15) is 0 Å². The van der Waals surface area contributed by atoms with Gasteiger partial charge in [-0.3, -0.25) is 9.59 Å². The summed E-state index contributed by atoms with van der Waals surface area (Å²) in [6, 6.07) is 11.3. The molecule has 2 aromatic carbocycles. The number of nitrogens with two attached hydrogens (primary N) is 3. The fourth-order valence-electron chi connectivity index (χ4n) is 1.84. The first-order chi connectivity index (χ1) is 9.97. The zero-order valence-corrected chi connectivity index (χ0v) is 11.2. The van der Waals surface area contributed by atoms with Gasteiger partial charge in [-0.05, 0) is 29.8 Å². The lowest BCUT2D eigenvalue weighted by atomic mass is 10.1. The molecule has 0 aromatic heterocycles. The minimum atomic E-state index is -0.601. The number of amides is 2. The molecule has 0 bridgehead atoms. The molecule has 6 N–H and O–H groups in total. The third-order valence-corrected chi connectivity index (χ3v) is 2.88. The van der Waals surface area contributed by atoms with E-state index in [9.17, 15) is 9.59 Å². The Kier molecular flexibility index (Phi) is 4.08. The Morgan fingerprint density at radius 1 is 1.00 bits per heavy atom. The standard InChI is InChI=1S/C15H15N3O3/c16-11-4-5-12(15(18)20)13(7-11)21-8-9-2-1-3-10(6-9)14(17)19/h1-7H,8,16H2,(H2,17,19)(H2,18,20). The molecule has 0 aliphatic rings. The van der Waals surface area contributed by atoms with Gasteiger partial charge in [0, 0.05) is 17.3 Å². The van der Waals surface area contributed by atoms with Crippen molar-refractivity contribution in [2.75, 3.05) is 5.73 Å². The van der Waals surface area contributed by atoms with Crippen LogP contribution in [0.4, 0.5) is 5.69 Å². The van der Waals surface area contributed by atoms with Gasteiger partial charge in [0.15, 0.2) is 0 Å². The topological polar surface area (TPSA) is 121 Å². The van der Waals surface area contributed by atoms with E-state index in [1.54, 1.807) is 30.3 Å². The molecule has 0 aliphatic heterocycles. The Morgan fingerprint density at radius 3 is 2.43 bits per heavy atom. The molecule has 0 heterocycles. The maximum absolute atomic E-state index is 11.3. The van der Waals surface area contributed by atoms with Crippen molar-refractivity contribution in [3.8, 4) is 5.75 Å². The van der Waals surface area contributed by atoms with Crippen LogP contribution in [0.5, 0.6) is 5.75 Å². The number of benzene rings is 2. The normalized spacial score (nSPS) is 10.1. The summed E-state index contributed by atoms with van der Waals surface area (Å²) in [6.45, 7) is 0.158. The predicted molar refractivity (Wildman–Crippen MR) is 78.7 cm³/mol. The second-order valence-corrected chi connectivity index (χ2v) is 4.47. The van der Waals surface area contributed by atoms with E-state index in [-0.39, 0.29) is 12.2 Å². The fourth-order valence-corrected chi connectivity index (χ4v) is 1.84. The summed E-state index contributed by atoms with van der Waals surface area (Å²) in [5, 5.41) is 0. The van der Waals surface area contributed by atoms with Gasteiger partial charge in [-0.25, -0.2) is 0 Å². The summed E-state index contributed by atoms with van der Waals surface area (Å²) < 4.78 is 5.57. The number of hydrogen-bond acceptors (Lipinski definition) is 4. The molecule has 6 heteroatoms. The molecule has 0 spiro atoms. The first kappa shape index (κ1) is 14.4. The van der Waals surface area contributed by atoms with Crippen LogP contribution < -0.4 is 21.9 Å². The van der Waals surface area contributed by atoms with E-state index in [0.29, 0.717) is 17.0 Å². The Morgan fingerprint density at radius 2 is 1.76 bits per heavy atom. The van der Waals surface area contributed by atoms with Crippen LogP contribution in [0.2, 0.25) is 0 Å². The van der Waals surface area contributed by atoms with Crippen molar-refractivity contribution in [3.63, 3.8) is 0 Å². The van der Waals surface area contributed by atoms with E-state index in [2.05, 4.69) is 0 Å². The summed E-state index contributed by atoms with van der Waals surface area (Å²) in [4.78, 5) is 22.4. The van der Waals surface area contributed by atoms with Gasteiger partial charge in [-0.15, -0.1) is 0 Å². The molecule has 0 saturated heterocycles. The molecule has 0 aliphatic carbocycles. The molecule has 0 atom stereocenters. The number of hydrogen-bond donors (Lipinski definition) is 3.